The van der Waals surface area contributed by atoms with E-state index in [4.69, 9.17) is 4.42 Å². The Morgan fingerprint density at radius 1 is 1.22 bits per heavy atom. The van der Waals surface area contributed by atoms with Gasteiger partial charge in [0.15, 0.2) is 11.6 Å². The molecule has 1 aromatic carbocycles. The zero-order valence-corrected chi connectivity index (χ0v) is 14.6. The molecule has 1 saturated heterocycles. The van der Waals surface area contributed by atoms with Crippen molar-refractivity contribution in [2.24, 2.45) is 0 Å². The zero-order valence-electron chi connectivity index (χ0n) is 14.6. The van der Waals surface area contributed by atoms with Crippen LogP contribution < -0.4 is 5.32 Å². The number of carbonyl (C=O) groups excluding carboxylic acids is 2. The Balaban J connectivity index is 1.46. The molecule has 4 rings (SSSR count). The summed E-state index contributed by atoms with van der Waals surface area (Å²) in [5.74, 6) is 0.511. The van der Waals surface area contributed by atoms with Crippen LogP contribution in [0.2, 0.25) is 0 Å². The third-order valence-electron chi connectivity index (χ3n) is 4.62. The van der Waals surface area contributed by atoms with E-state index in [1.165, 1.54) is 12.6 Å². The fraction of sp³-hybridized carbons (Fsp3) is 0.263. The number of furan rings is 1. The number of benzene rings is 1. The van der Waals surface area contributed by atoms with Gasteiger partial charge in [0.05, 0.1) is 11.8 Å². The second-order valence-electron chi connectivity index (χ2n) is 6.42. The third kappa shape index (κ3) is 3.59. The van der Waals surface area contributed by atoms with E-state index in [1.54, 1.807) is 23.1 Å². The Morgan fingerprint density at radius 3 is 2.89 bits per heavy atom. The molecule has 0 aliphatic carbocycles. The van der Waals surface area contributed by atoms with Crippen molar-refractivity contribution < 1.29 is 14.0 Å². The van der Waals surface area contributed by atoms with Crippen LogP contribution in [0.4, 0.5) is 0 Å². The van der Waals surface area contributed by atoms with Gasteiger partial charge in [-0.25, -0.2) is 4.98 Å². The van der Waals surface area contributed by atoms with Crippen molar-refractivity contribution in [3.05, 3.63) is 60.3 Å². The zero-order chi connectivity index (χ0) is 18.6. The lowest BCUT2D eigenvalue weighted by molar-refractivity contribution is 0.0647. The van der Waals surface area contributed by atoms with E-state index in [9.17, 15) is 9.59 Å². The minimum Gasteiger partial charge on any atom is -0.459 e. The standard InChI is InChI=1S/C19H19N5O3/c25-18(15-7-2-1-6-14(15)17-20-12-21-23-17)22-13-5-3-9-24(11-13)19(26)16-8-4-10-27-16/h1-2,4,6-8,10,12-13H,3,5,9,11H2,(H,22,25)(H,20,21,23). The number of hydrogen-bond donors (Lipinski definition) is 2. The minimum absolute atomic E-state index is 0.118. The molecule has 2 N–H and O–H groups in total. The highest BCUT2D eigenvalue weighted by molar-refractivity contribution is 6.00. The number of piperidine rings is 1. The smallest absolute Gasteiger partial charge is 0.289 e. The molecule has 1 aliphatic rings. The van der Waals surface area contributed by atoms with Crippen molar-refractivity contribution in [3.8, 4) is 11.4 Å². The average Bonchev–Trinajstić information content (AvgIpc) is 3.41. The summed E-state index contributed by atoms with van der Waals surface area (Å²) >= 11 is 0. The van der Waals surface area contributed by atoms with Crippen LogP contribution in [0.1, 0.15) is 33.8 Å². The second-order valence-corrected chi connectivity index (χ2v) is 6.42. The highest BCUT2D eigenvalue weighted by Crippen LogP contribution is 2.20. The Bertz CT molecular complexity index is 921. The molecule has 2 aromatic heterocycles. The molecule has 8 heteroatoms. The van der Waals surface area contributed by atoms with Gasteiger partial charge in [0.2, 0.25) is 0 Å². The van der Waals surface area contributed by atoms with Crippen LogP contribution in [0.25, 0.3) is 11.4 Å². The summed E-state index contributed by atoms with van der Waals surface area (Å²) in [4.78, 5) is 31.2. The van der Waals surface area contributed by atoms with Gasteiger partial charge in [-0.1, -0.05) is 18.2 Å². The predicted octanol–water partition coefficient (Wildman–Crippen LogP) is 2.10. The number of aromatic nitrogens is 3. The molecular weight excluding hydrogens is 346 g/mol. The first-order chi connectivity index (χ1) is 13.2. The highest BCUT2D eigenvalue weighted by atomic mass is 16.3. The van der Waals surface area contributed by atoms with Crippen LogP contribution in [0.3, 0.4) is 0 Å². The highest BCUT2D eigenvalue weighted by Gasteiger charge is 2.27. The third-order valence-corrected chi connectivity index (χ3v) is 4.62. The first kappa shape index (κ1) is 17.0. The lowest BCUT2D eigenvalue weighted by Crippen LogP contribution is -2.49. The Morgan fingerprint density at radius 2 is 2.11 bits per heavy atom. The SMILES string of the molecule is O=C(NC1CCCN(C(=O)c2ccco2)C1)c1ccccc1-c1ncn[nH]1. The molecular formula is C19H19N5O3. The number of amides is 2. The molecule has 0 bridgehead atoms. The summed E-state index contributed by atoms with van der Waals surface area (Å²) in [7, 11) is 0. The maximum absolute atomic E-state index is 12.8. The molecule has 1 fully saturated rings. The van der Waals surface area contributed by atoms with Crippen molar-refractivity contribution in [1.82, 2.24) is 25.4 Å². The van der Waals surface area contributed by atoms with E-state index in [1.807, 2.05) is 18.2 Å². The number of nitrogens with zero attached hydrogens (tertiary/aromatic N) is 3. The van der Waals surface area contributed by atoms with Crippen molar-refractivity contribution in [3.63, 3.8) is 0 Å². The van der Waals surface area contributed by atoms with Gasteiger partial charge < -0.3 is 14.6 Å². The molecule has 0 saturated carbocycles. The number of hydrogen-bond acceptors (Lipinski definition) is 5. The fourth-order valence-electron chi connectivity index (χ4n) is 3.32. The number of carbonyl (C=O) groups is 2. The molecule has 3 aromatic rings. The van der Waals surface area contributed by atoms with Gasteiger partial charge in [-0.3, -0.25) is 14.7 Å². The van der Waals surface area contributed by atoms with Crippen LogP contribution in [0.15, 0.2) is 53.4 Å². The van der Waals surface area contributed by atoms with Crippen LogP contribution >= 0.6 is 0 Å². The lowest BCUT2D eigenvalue weighted by atomic mass is 10.0. The number of rotatable bonds is 4. The molecule has 2 amide bonds. The van der Waals surface area contributed by atoms with Gasteiger partial charge in [0, 0.05) is 24.7 Å². The van der Waals surface area contributed by atoms with Crippen molar-refractivity contribution in [1.29, 1.82) is 0 Å². The maximum Gasteiger partial charge on any atom is 0.289 e. The van der Waals surface area contributed by atoms with Gasteiger partial charge in [-0.05, 0) is 31.0 Å². The van der Waals surface area contributed by atoms with Gasteiger partial charge in [0.1, 0.15) is 6.33 Å². The van der Waals surface area contributed by atoms with Gasteiger partial charge in [-0.15, -0.1) is 0 Å². The topological polar surface area (TPSA) is 104 Å². The second kappa shape index (κ2) is 7.45. The van der Waals surface area contributed by atoms with Gasteiger partial charge in [0.25, 0.3) is 11.8 Å². The Kier molecular flexibility index (Phi) is 4.69. The quantitative estimate of drug-likeness (QED) is 0.737. The first-order valence-corrected chi connectivity index (χ1v) is 8.81. The normalized spacial score (nSPS) is 16.9. The van der Waals surface area contributed by atoms with Crippen LogP contribution in [0.5, 0.6) is 0 Å². The molecule has 1 atom stereocenters. The summed E-state index contributed by atoms with van der Waals surface area (Å²) in [5.41, 5.74) is 1.20. The number of H-pyrrole nitrogens is 1. The Hall–Kier alpha value is -3.42. The van der Waals surface area contributed by atoms with E-state index in [2.05, 4.69) is 20.5 Å². The monoisotopic (exact) mass is 365 g/mol. The van der Waals surface area contributed by atoms with E-state index < -0.39 is 0 Å². The summed E-state index contributed by atoms with van der Waals surface area (Å²) in [6.45, 7) is 1.11. The van der Waals surface area contributed by atoms with E-state index in [0.29, 0.717) is 35.8 Å². The van der Waals surface area contributed by atoms with Gasteiger partial charge in [-0.2, -0.15) is 5.10 Å². The molecule has 8 nitrogen and oxygen atoms in total. The summed E-state index contributed by atoms with van der Waals surface area (Å²) in [6, 6.07) is 10.5. The van der Waals surface area contributed by atoms with Gasteiger partial charge >= 0.3 is 0 Å². The molecule has 27 heavy (non-hydrogen) atoms. The van der Waals surface area contributed by atoms with Crippen LogP contribution in [-0.4, -0.2) is 51.0 Å². The van der Waals surface area contributed by atoms with E-state index in [0.717, 1.165) is 12.8 Å². The van der Waals surface area contributed by atoms with Crippen molar-refractivity contribution in [2.45, 2.75) is 18.9 Å². The number of likely N-dealkylation sites (tertiary alicyclic amines) is 1. The molecule has 1 unspecified atom stereocenters. The van der Waals surface area contributed by atoms with Crippen LogP contribution in [0, 0.1) is 0 Å². The molecule has 0 radical (unpaired) electrons. The molecule has 3 heterocycles. The van der Waals surface area contributed by atoms with Crippen LogP contribution in [-0.2, 0) is 0 Å². The summed E-state index contributed by atoms with van der Waals surface area (Å²) in [5, 5.41) is 9.68. The number of aromatic amines is 1. The molecule has 1 aliphatic heterocycles. The molecule has 138 valence electrons. The number of nitrogens with one attached hydrogen (secondary N) is 2. The summed E-state index contributed by atoms with van der Waals surface area (Å²) in [6.07, 6.45) is 4.53. The van der Waals surface area contributed by atoms with Crippen molar-refractivity contribution >= 4 is 11.8 Å². The van der Waals surface area contributed by atoms with E-state index >= 15 is 0 Å². The molecule has 0 spiro atoms. The fourth-order valence-corrected chi connectivity index (χ4v) is 3.32. The maximum atomic E-state index is 12.8. The minimum atomic E-state index is -0.195. The van der Waals surface area contributed by atoms with Crippen molar-refractivity contribution in [2.75, 3.05) is 13.1 Å². The summed E-state index contributed by atoms with van der Waals surface area (Å²) < 4.78 is 5.20. The average molecular weight is 365 g/mol. The largest absolute Gasteiger partial charge is 0.459 e. The van der Waals surface area contributed by atoms with E-state index in [-0.39, 0.29) is 17.9 Å². The Labute approximate surface area is 155 Å². The first-order valence-electron chi connectivity index (χ1n) is 8.81. The predicted molar refractivity (Wildman–Crippen MR) is 96.9 cm³/mol. The lowest BCUT2D eigenvalue weighted by Gasteiger charge is -2.32.